The van der Waals surface area contributed by atoms with Gasteiger partial charge in [0.15, 0.2) is 0 Å². The van der Waals surface area contributed by atoms with Crippen LogP contribution in [0.3, 0.4) is 0 Å². The van der Waals surface area contributed by atoms with Crippen LogP contribution in [-0.4, -0.2) is 23.3 Å². The maximum Gasteiger partial charge on any atom is 0.335 e. The Kier molecular flexibility index (Phi) is 4.14. The Morgan fingerprint density at radius 2 is 2.12 bits per heavy atom. The highest BCUT2D eigenvalue weighted by atomic mass is 16.6. The van der Waals surface area contributed by atoms with E-state index >= 15 is 0 Å². The van der Waals surface area contributed by atoms with Crippen LogP contribution in [0.2, 0.25) is 0 Å². The molecule has 0 aromatic heterocycles. The number of allylic oxidation sites excluding steroid dienone is 1. The number of carbonyl (C=O) groups excluding carboxylic acids is 1. The highest BCUT2D eigenvalue weighted by molar-refractivity contribution is 5.74. The Labute approximate surface area is 97.5 Å². The maximum atomic E-state index is 11.3. The zero-order valence-electron chi connectivity index (χ0n) is 10.6. The van der Waals surface area contributed by atoms with Gasteiger partial charge in [-0.1, -0.05) is 19.9 Å². The monoisotopic (exact) mass is 226 g/mol. The van der Waals surface area contributed by atoms with Crippen molar-refractivity contribution in [1.29, 1.82) is 0 Å². The molecule has 0 aliphatic heterocycles. The number of esters is 1. The minimum Gasteiger partial charge on any atom is -0.456 e. The van der Waals surface area contributed by atoms with Gasteiger partial charge >= 0.3 is 5.97 Å². The molecule has 2 atom stereocenters. The lowest BCUT2D eigenvalue weighted by atomic mass is 9.78. The van der Waals surface area contributed by atoms with Crippen molar-refractivity contribution >= 4 is 5.97 Å². The summed E-state index contributed by atoms with van der Waals surface area (Å²) in [5.74, 6) is -0.545. The van der Waals surface area contributed by atoms with Crippen LogP contribution < -0.4 is 0 Å². The minimum absolute atomic E-state index is 0.194. The Hall–Kier alpha value is -0.830. The van der Waals surface area contributed by atoms with Gasteiger partial charge in [-0.2, -0.15) is 0 Å². The first kappa shape index (κ1) is 13.2. The molecular weight excluding hydrogens is 204 g/mol. The summed E-state index contributed by atoms with van der Waals surface area (Å²) in [7, 11) is 0. The van der Waals surface area contributed by atoms with Gasteiger partial charge in [0, 0.05) is 0 Å². The van der Waals surface area contributed by atoms with E-state index in [1.807, 2.05) is 6.92 Å². The average molecular weight is 226 g/mol. The standard InChI is InChI=1S/C13H22O3/c1-9(14)12(15)16-10(2)11-6-5-7-13(3,4)8-11/h8-10,14H,5-7H2,1-4H3. The molecule has 3 nitrogen and oxygen atoms in total. The molecule has 0 heterocycles. The summed E-state index contributed by atoms with van der Waals surface area (Å²) in [6.07, 6.45) is 4.23. The minimum atomic E-state index is -1.04. The third-order valence-corrected chi connectivity index (χ3v) is 3.02. The van der Waals surface area contributed by atoms with Gasteiger partial charge in [0.25, 0.3) is 0 Å². The molecule has 0 radical (unpaired) electrons. The molecule has 0 spiro atoms. The smallest absolute Gasteiger partial charge is 0.335 e. The second-order valence-corrected chi connectivity index (χ2v) is 5.32. The Morgan fingerprint density at radius 1 is 1.50 bits per heavy atom. The van der Waals surface area contributed by atoms with Gasteiger partial charge in [-0.25, -0.2) is 4.79 Å². The van der Waals surface area contributed by atoms with E-state index in [1.165, 1.54) is 18.9 Å². The summed E-state index contributed by atoms with van der Waals surface area (Å²) in [5.41, 5.74) is 1.37. The summed E-state index contributed by atoms with van der Waals surface area (Å²) >= 11 is 0. The molecule has 1 N–H and O–H groups in total. The van der Waals surface area contributed by atoms with E-state index in [0.717, 1.165) is 12.8 Å². The highest BCUT2D eigenvalue weighted by Gasteiger charge is 2.25. The van der Waals surface area contributed by atoms with Crippen LogP contribution in [-0.2, 0) is 9.53 Å². The van der Waals surface area contributed by atoms with Crippen LogP contribution in [0.15, 0.2) is 11.6 Å². The van der Waals surface area contributed by atoms with Gasteiger partial charge in [0.1, 0.15) is 12.2 Å². The Bertz CT molecular complexity index is 290. The van der Waals surface area contributed by atoms with E-state index in [0.29, 0.717) is 0 Å². The molecule has 92 valence electrons. The van der Waals surface area contributed by atoms with Crippen LogP contribution in [0, 0.1) is 5.41 Å². The normalized spacial score (nSPS) is 23.2. The summed E-state index contributed by atoms with van der Waals surface area (Å²) in [6.45, 7) is 7.67. The van der Waals surface area contributed by atoms with E-state index in [-0.39, 0.29) is 11.5 Å². The molecule has 0 bridgehead atoms. The molecular formula is C13H22O3. The van der Waals surface area contributed by atoms with Gasteiger partial charge in [-0.15, -0.1) is 0 Å². The molecule has 0 aromatic rings. The maximum absolute atomic E-state index is 11.3. The number of carbonyl (C=O) groups is 1. The molecule has 3 heteroatoms. The second-order valence-electron chi connectivity index (χ2n) is 5.32. The fraction of sp³-hybridized carbons (Fsp3) is 0.769. The molecule has 0 fully saturated rings. The highest BCUT2D eigenvalue weighted by Crippen LogP contribution is 2.34. The van der Waals surface area contributed by atoms with Gasteiger partial charge in [0.2, 0.25) is 0 Å². The molecule has 0 aromatic carbocycles. The summed E-state index contributed by atoms with van der Waals surface area (Å²) < 4.78 is 5.19. The fourth-order valence-corrected chi connectivity index (χ4v) is 2.06. The first-order valence-electron chi connectivity index (χ1n) is 5.92. The molecule has 1 aliphatic rings. The third kappa shape index (κ3) is 3.63. The van der Waals surface area contributed by atoms with E-state index in [9.17, 15) is 4.79 Å². The van der Waals surface area contributed by atoms with Crippen LogP contribution >= 0.6 is 0 Å². The van der Waals surface area contributed by atoms with Crippen molar-refractivity contribution in [3.05, 3.63) is 11.6 Å². The van der Waals surface area contributed by atoms with Crippen molar-refractivity contribution in [2.45, 2.75) is 59.2 Å². The Balaban J connectivity index is 2.64. The lowest BCUT2D eigenvalue weighted by Crippen LogP contribution is -2.27. The van der Waals surface area contributed by atoms with Gasteiger partial charge in [-0.3, -0.25) is 0 Å². The van der Waals surface area contributed by atoms with Crippen molar-refractivity contribution in [3.63, 3.8) is 0 Å². The summed E-state index contributed by atoms with van der Waals surface area (Å²) in [5, 5.41) is 9.08. The van der Waals surface area contributed by atoms with E-state index in [2.05, 4.69) is 19.9 Å². The third-order valence-electron chi connectivity index (χ3n) is 3.02. The lowest BCUT2D eigenvalue weighted by molar-refractivity contribution is -0.155. The molecule has 2 unspecified atom stereocenters. The zero-order valence-corrected chi connectivity index (χ0v) is 10.6. The van der Waals surface area contributed by atoms with Crippen LogP contribution in [0.4, 0.5) is 0 Å². The van der Waals surface area contributed by atoms with Gasteiger partial charge in [-0.05, 0) is 44.1 Å². The zero-order chi connectivity index (χ0) is 12.3. The quantitative estimate of drug-likeness (QED) is 0.594. The average Bonchev–Trinajstić information content (AvgIpc) is 2.15. The fourth-order valence-electron chi connectivity index (χ4n) is 2.06. The second kappa shape index (κ2) is 5.00. The largest absolute Gasteiger partial charge is 0.456 e. The van der Waals surface area contributed by atoms with Crippen molar-refractivity contribution in [3.8, 4) is 0 Å². The van der Waals surface area contributed by atoms with Crippen LogP contribution in [0.5, 0.6) is 0 Å². The van der Waals surface area contributed by atoms with Crippen molar-refractivity contribution in [1.82, 2.24) is 0 Å². The predicted octanol–water partition coefficient (Wildman–Crippen LogP) is 2.44. The number of hydrogen-bond donors (Lipinski definition) is 1. The van der Waals surface area contributed by atoms with E-state index in [4.69, 9.17) is 9.84 Å². The van der Waals surface area contributed by atoms with Crippen LogP contribution in [0.1, 0.15) is 47.0 Å². The molecule has 16 heavy (non-hydrogen) atoms. The number of ether oxygens (including phenoxy) is 1. The molecule has 0 amide bonds. The lowest BCUT2D eigenvalue weighted by Gasteiger charge is -2.30. The van der Waals surface area contributed by atoms with Crippen molar-refractivity contribution in [2.75, 3.05) is 0 Å². The summed E-state index contributed by atoms with van der Waals surface area (Å²) in [6, 6.07) is 0. The van der Waals surface area contributed by atoms with Crippen molar-refractivity contribution in [2.24, 2.45) is 5.41 Å². The van der Waals surface area contributed by atoms with Gasteiger partial charge in [0.05, 0.1) is 0 Å². The number of aliphatic hydroxyl groups is 1. The van der Waals surface area contributed by atoms with Crippen molar-refractivity contribution < 1.29 is 14.6 Å². The number of aliphatic hydroxyl groups excluding tert-OH is 1. The molecule has 0 saturated heterocycles. The van der Waals surface area contributed by atoms with E-state index < -0.39 is 12.1 Å². The molecule has 1 rings (SSSR count). The number of hydrogen-bond acceptors (Lipinski definition) is 3. The van der Waals surface area contributed by atoms with Gasteiger partial charge < -0.3 is 9.84 Å². The van der Waals surface area contributed by atoms with E-state index in [1.54, 1.807) is 0 Å². The molecule has 1 aliphatic carbocycles. The SMILES string of the molecule is CC(O)C(=O)OC(C)C1=CC(C)(C)CCC1. The summed E-state index contributed by atoms with van der Waals surface area (Å²) in [4.78, 5) is 11.3. The first-order chi connectivity index (χ1) is 7.32. The van der Waals surface area contributed by atoms with Crippen LogP contribution in [0.25, 0.3) is 0 Å². The first-order valence-corrected chi connectivity index (χ1v) is 5.92. The molecule has 0 saturated carbocycles. The number of rotatable bonds is 3. The predicted molar refractivity (Wildman–Crippen MR) is 62.9 cm³/mol. The topological polar surface area (TPSA) is 46.5 Å². The Morgan fingerprint density at radius 3 is 2.62 bits per heavy atom.